The van der Waals surface area contributed by atoms with Gasteiger partial charge in [-0.15, -0.1) is 0 Å². The van der Waals surface area contributed by atoms with Gasteiger partial charge < -0.3 is 9.88 Å². The Labute approximate surface area is 172 Å². The van der Waals surface area contributed by atoms with Crippen LogP contribution in [-0.2, 0) is 0 Å². The first-order valence-corrected chi connectivity index (χ1v) is 10.9. The lowest BCUT2D eigenvalue weighted by atomic mass is 9.92. The van der Waals surface area contributed by atoms with Gasteiger partial charge in [0.1, 0.15) is 18.0 Å². The Morgan fingerprint density at radius 3 is 2.97 bits per heavy atom. The van der Waals surface area contributed by atoms with E-state index in [1.807, 2.05) is 6.07 Å². The highest BCUT2D eigenvalue weighted by atomic mass is 32.2. The zero-order valence-corrected chi connectivity index (χ0v) is 16.8. The molecule has 0 aliphatic carbocycles. The topological polar surface area (TPSA) is 81.6 Å². The van der Waals surface area contributed by atoms with Crippen LogP contribution >= 0.6 is 11.8 Å². The standard InChI is InChI=1S/C20H24F2N6S/c21-20(22)14(23)5-6-18-24-10-16(27-18)15-9-19(26-12-25-15)28-7-1-3-13(11-28)17-4-2-8-29-17/h5-6,9-10,12-13,17,20,23H,1-4,7-8,11H2,(H,24,27)/b6-5-,23-14?. The van der Waals surface area contributed by atoms with Crippen LogP contribution < -0.4 is 4.90 Å². The van der Waals surface area contributed by atoms with E-state index >= 15 is 0 Å². The molecule has 0 radical (unpaired) electrons. The molecule has 2 aromatic rings. The van der Waals surface area contributed by atoms with Crippen molar-refractivity contribution in [3.8, 4) is 11.4 Å². The highest BCUT2D eigenvalue weighted by Crippen LogP contribution is 2.37. The molecular formula is C20H24F2N6S. The van der Waals surface area contributed by atoms with Gasteiger partial charge in [0, 0.05) is 24.4 Å². The monoisotopic (exact) mass is 418 g/mol. The molecule has 2 atom stereocenters. The number of anilines is 1. The molecule has 2 aromatic heterocycles. The van der Waals surface area contributed by atoms with E-state index in [9.17, 15) is 8.78 Å². The van der Waals surface area contributed by atoms with Crippen molar-refractivity contribution in [2.45, 2.75) is 37.4 Å². The third kappa shape index (κ3) is 4.83. The van der Waals surface area contributed by atoms with Crippen LogP contribution in [0.25, 0.3) is 17.5 Å². The molecule has 6 nitrogen and oxygen atoms in total. The summed E-state index contributed by atoms with van der Waals surface area (Å²) in [5.41, 5.74) is 0.660. The van der Waals surface area contributed by atoms with Crippen LogP contribution in [0.4, 0.5) is 14.6 Å². The summed E-state index contributed by atoms with van der Waals surface area (Å²) in [5.74, 6) is 3.31. The van der Waals surface area contributed by atoms with E-state index in [1.54, 1.807) is 12.5 Å². The lowest BCUT2D eigenvalue weighted by molar-refractivity contribution is 0.226. The summed E-state index contributed by atoms with van der Waals surface area (Å²) in [6.07, 6.45) is 7.92. The fourth-order valence-electron chi connectivity index (χ4n) is 3.96. The number of allylic oxidation sites excluding steroid dienone is 1. The Kier molecular flexibility index (Phi) is 6.22. The summed E-state index contributed by atoms with van der Waals surface area (Å²) in [4.78, 5) is 18.4. The van der Waals surface area contributed by atoms with Crippen molar-refractivity contribution in [1.82, 2.24) is 19.9 Å². The molecule has 9 heteroatoms. The van der Waals surface area contributed by atoms with E-state index in [0.717, 1.165) is 30.2 Å². The molecule has 0 saturated carbocycles. The van der Waals surface area contributed by atoms with Crippen molar-refractivity contribution in [3.05, 3.63) is 30.5 Å². The molecule has 4 rings (SSSR count). The van der Waals surface area contributed by atoms with Gasteiger partial charge in [0.15, 0.2) is 0 Å². The SMILES string of the molecule is N=C(/C=C\c1ncc(-c2cc(N3CCCC(C4CCCS4)C3)ncn2)[nH]1)C(F)F. The molecule has 0 spiro atoms. The van der Waals surface area contributed by atoms with Gasteiger partial charge in [0.05, 0.1) is 23.3 Å². The van der Waals surface area contributed by atoms with Crippen molar-refractivity contribution in [2.75, 3.05) is 23.7 Å². The van der Waals surface area contributed by atoms with E-state index in [0.29, 0.717) is 23.1 Å². The van der Waals surface area contributed by atoms with Crippen molar-refractivity contribution < 1.29 is 8.78 Å². The molecule has 2 fully saturated rings. The fraction of sp³-hybridized carbons (Fsp3) is 0.500. The van der Waals surface area contributed by atoms with Gasteiger partial charge in [-0.1, -0.05) is 0 Å². The first kappa shape index (κ1) is 20.0. The van der Waals surface area contributed by atoms with Crippen LogP contribution in [0.1, 0.15) is 31.5 Å². The number of aromatic nitrogens is 4. The minimum absolute atomic E-state index is 0.404. The van der Waals surface area contributed by atoms with Gasteiger partial charge in [-0.25, -0.2) is 23.7 Å². The second-order valence-corrected chi connectivity index (χ2v) is 8.78. The molecule has 2 unspecified atom stereocenters. The third-order valence-corrected chi connectivity index (χ3v) is 7.03. The number of halogens is 2. The van der Waals surface area contributed by atoms with Crippen LogP contribution in [0.3, 0.4) is 0 Å². The molecule has 2 aliphatic rings. The summed E-state index contributed by atoms with van der Waals surface area (Å²) in [7, 11) is 0. The number of hydrogen-bond acceptors (Lipinski definition) is 6. The number of hydrogen-bond donors (Lipinski definition) is 2. The molecule has 0 aromatic carbocycles. The van der Waals surface area contributed by atoms with Gasteiger partial charge in [-0.2, -0.15) is 11.8 Å². The highest BCUT2D eigenvalue weighted by molar-refractivity contribution is 8.00. The second kappa shape index (κ2) is 9.02. The maximum atomic E-state index is 12.4. The molecule has 29 heavy (non-hydrogen) atoms. The van der Waals surface area contributed by atoms with Gasteiger partial charge in [0.25, 0.3) is 6.43 Å². The summed E-state index contributed by atoms with van der Waals surface area (Å²) < 4.78 is 24.8. The predicted molar refractivity (Wildman–Crippen MR) is 113 cm³/mol. The molecular weight excluding hydrogens is 394 g/mol. The maximum absolute atomic E-state index is 12.4. The first-order chi connectivity index (χ1) is 14.1. The molecule has 154 valence electrons. The average Bonchev–Trinajstić information content (AvgIpc) is 3.44. The summed E-state index contributed by atoms with van der Waals surface area (Å²) in [6, 6.07) is 1.95. The number of nitrogens with zero attached hydrogens (tertiary/aromatic N) is 4. The highest BCUT2D eigenvalue weighted by Gasteiger charge is 2.30. The van der Waals surface area contributed by atoms with Gasteiger partial charge in [0.2, 0.25) is 0 Å². The van der Waals surface area contributed by atoms with Crippen molar-refractivity contribution >= 4 is 29.4 Å². The van der Waals surface area contributed by atoms with Crippen LogP contribution in [0.5, 0.6) is 0 Å². The van der Waals surface area contributed by atoms with Crippen LogP contribution in [-0.4, -0.2) is 56.2 Å². The molecule has 2 saturated heterocycles. The average molecular weight is 419 g/mol. The number of H-pyrrole nitrogens is 1. The Morgan fingerprint density at radius 1 is 1.28 bits per heavy atom. The molecule has 0 bridgehead atoms. The number of piperidine rings is 1. The lowest BCUT2D eigenvalue weighted by Crippen LogP contribution is -2.39. The number of aromatic amines is 1. The van der Waals surface area contributed by atoms with Crippen molar-refractivity contribution in [1.29, 1.82) is 5.41 Å². The predicted octanol–water partition coefficient (Wildman–Crippen LogP) is 4.28. The van der Waals surface area contributed by atoms with Crippen molar-refractivity contribution in [2.24, 2.45) is 5.92 Å². The Balaban J connectivity index is 1.47. The fourth-order valence-corrected chi connectivity index (χ4v) is 5.42. The van der Waals surface area contributed by atoms with Crippen LogP contribution in [0.2, 0.25) is 0 Å². The van der Waals surface area contributed by atoms with E-state index in [1.165, 1.54) is 37.5 Å². The Bertz CT molecular complexity index is 877. The molecule has 0 amide bonds. The largest absolute Gasteiger partial charge is 0.356 e. The van der Waals surface area contributed by atoms with Crippen LogP contribution in [0, 0.1) is 11.3 Å². The smallest absolute Gasteiger partial charge is 0.279 e. The quantitative estimate of drug-likeness (QED) is 0.685. The van der Waals surface area contributed by atoms with Gasteiger partial charge >= 0.3 is 0 Å². The first-order valence-electron chi connectivity index (χ1n) is 9.89. The van der Waals surface area contributed by atoms with Crippen molar-refractivity contribution in [3.63, 3.8) is 0 Å². The second-order valence-electron chi connectivity index (χ2n) is 7.43. The maximum Gasteiger partial charge on any atom is 0.279 e. The number of alkyl halides is 2. The Morgan fingerprint density at radius 2 is 2.17 bits per heavy atom. The zero-order valence-electron chi connectivity index (χ0n) is 16.0. The van der Waals surface area contributed by atoms with Gasteiger partial charge in [-0.05, 0) is 49.5 Å². The minimum atomic E-state index is -2.79. The summed E-state index contributed by atoms with van der Waals surface area (Å²) in [5, 5.41) is 7.95. The van der Waals surface area contributed by atoms with E-state index in [4.69, 9.17) is 5.41 Å². The van der Waals surface area contributed by atoms with Gasteiger partial charge in [-0.3, -0.25) is 5.41 Å². The molecule has 2 aliphatic heterocycles. The number of imidazole rings is 1. The normalized spacial score (nSPS) is 22.7. The lowest BCUT2D eigenvalue weighted by Gasteiger charge is -2.36. The molecule has 2 N–H and O–H groups in total. The van der Waals surface area contributed by atoms with E-state index < -0.39 is 12.1 Å². The minimum Gasteiger partial charge on any atom is -0.356 e. The van der Waals surface area contributed by atoms with E-state index in [-0.39, 0.29) is 0 Å². The molecule has 4 heterocycles. The summed E-state index contributed by atoms with van der Waals surface area (Å²) in [6.45, 7) is 2.03. The summed E-state index contributed by atoms with van der Waals surface area (Å²) >= 11 is 2.12. The number of thioether (sulfide) groups is 1. The number of nitrogens with one attached hydrogen (secondary N) is 2. The number of rotatable bonds is 6. The van der Waals surface area contributed by atoms with Crippen LogP contribution in [0.15, 0.2) is 24.7 Å². The Hall–Kier alpha value is -2.29. The zero-order chi connectivity index (χ0) is 20.2. The third-order valence-electron chi connectivity index (χ3n) is 5.45. The van der Waals surface area contributed by atoms with E-state index in [2.05, 4.69) is 36.6 Å².